The highest BCUT2D eigenvalue weighted by atomic mass is 16.5. The zero-order chi connectivity index (χ0) is 15.2. The second-order valence-corrected chi connectivity index (χ2v) is 5.03. The molecule has 0 aliphatic heterocycles. The van der Waals surface area contributed by atoms with Crippen molar-refractivity contribution >= 4 is 11.6 Å². The number of ether oxygens (including phenoxy) is 1. The standard InChI is InChI=1S/C16H21N3O2/c1-4-21-14-6-5-9-19-11-13(18-16(14)19)7-8-17-15(20)10-12(2)3/h5-6,9-11H,4,7-8H2,1-3H3,(H,17,20). The first-order chi connectivity index (χ1) is 10.1. The molecular weight excluding hydrogens is 266 g/mol. The van der Waals surface area contributed by atoms with Crippen LogP contribution in [-0.2, 0) is 11.2 Å². The van der Waals surface area contributed by atoms with Crippen molar-refractivity contribution < 1.29 is 9.53 Å². The van der Waals surface area contributed by atoms with Crippen molar-refractivity contribution in [3.63, 3.8) is 0 Å². The van der Waals surface area contributed by atoms with Crippen molar-refractivity contribution in [2.45, 2.75) is 27.2 Å². The molecule has 0 aromatic carbocycles. The number of carbonyl (C=O) groups excluding carboxylic acids is 1. The predicted octanol–water partition coefficient (Wildman–Crippen LogP) is 2.36. The Morgan fingerprint density at radius 1 is 1.48 bits per heavy atom. The molecule has 0 aliphatic carbocycles. The molecule has 0 unspecified atom stereocenters. The average molecular weight is 287 g/mol. The molecule has 2 aromatic rings. The highest BCUT2D eigenvalue weighted by Crippen LogP contribution is 2.18. The third-order valence-corrected chi connectivity index (χ3v) is 2.90. The van der Waals surface area contributed by atoms with Gasteiger partial charge in [-0.2, -0.15) is 0 Å². The van der Waals surface area contributed by atoms with E-state index in [1.807, 2.05) is 49.7 Å². The summed E-state index contributed by atoms with van der Waals surface area (Å²) in [6.45, 7) is 6.93. The van der Waals surface area contributed by atoms with Gasteiger partial charge in [0.2, 0.25) is 5.91 Å². The number of aromatic nitrogens is 2. The Hall–Kier alpha value is -2.30. The summed E-state index contributed by atoms with van der Waals surface area (Å²) in [6, 6.07) is 3.84. The van der Waals surface area contributed by atoms with E-state index in [0.29, 0.717) is 19.6 Å². The smallest absolute Gasteiger partial charge is 0.243 e. The van der Waals surface area contributed by atoms with Gasteiger partial charge in [-0.05, 0) is 32.9 Å². The molecule has 0 fully saturated rings. The number of nitrogens with zero attached hydrogens (tertiary/aromatic N) is 2. The minimum atomic E-state index is -0.0613. The Morgan fingerprint density at radius 2 is 2.29 bits per heavy atom. The number of imidazole rings is 1. The normalized spacial score (nSPS) is 10.4. The summed E-state index contributed by atoms with van der Waals surface area (Å²) in [5.74, 6) is 0.716. The molecule has 21 heavy (non-hydrogen) atoms. The van der Waals surface area contributed by atoms with Gasteiger partial charge >= 0.3 is 0 Å². The van der Waals surface area contributed by atoms with E-state index >= 15 is 0 Å². The highest BCUT2D eigenvalue weighted by molar-refractivity contribution is 5.87. The molecule has 0 aliphatic rings. The van der Waals surface area contributed by atoms with Crippen LogP contribution in [0.25, 0.3) is 5.65 Å². The highest BCUT2D eigenvalue weighted by Gasteiger charge is 2.07. The summed E-state index contributed by atoms with van der Waals surface area (Å²) in [4.78, 5) is 16.1. The van der Waals surface area contributed by atoms with Crippen LogP contribution in [0.3, 0.4) is 0 Å². The number of pyridine rings is 1. The topological polar surface area (TPSA) is 55.6 Å². The first-order valence-corrected chi connectivity index (χ1v) is 7.12. The molecule has 0 bridgehead atoms. The van der Waals surface area contributed by atoms with E-state index in [-0.39, 0.29) is 5.91 Å². The van der Waals surface area contributed by atoms with Crippen LogP contribution in [0.4, 0.5) is 0 Å². The molecule has 0 atom stereocenters. The number of allylic oxidation sites excluding steroid dienone is 1. The summed E-state index contributed by atoms with van der Waals surface area (Å²) >= 11 is 0. The van der Waals surface area contributed by atoms with Gasteiger partial charge in [0.05, 0.1) is 12.3 Å². The van der Waals surface area contributed by atoms with Crippen LogP contribution in [0, 0.1) is 0 Å². The molecule has 1 amide bonds. The molecule has 0 radical (unpaired) electrons. The molecule has 0 spiro atoms. The summed E-state index contributed by atoms with van der Waals surface area (Å²) in [7, 11) is 0. The number of rotatable bonds is 6. The predicted molar refractivity (Wildman–Crippen MR) is 82.5 cm³/mol. The number of fused-ring (bicyclic) bond motifs is 1. The van der Waals surface area contributed by atoms with Gasteiger partial charge in [-0.1, -0.05) is 5.57 Å². The van der Waals surface area contributed by atoms with Gasteiger partial charge in [0.15, 0.2) is 11.4 Å². The minimum absolute atomic E-state index is 0.0613. The van der Waals surface area contributed by atoms with Gasteiger partial charge in [0.1, 0.15) is 0 Å². The Kier molecular flexibility index (Phi) is 4.98. The van der Waals surface area contributed by atoms with E-state index in [9.17, 15) is 4.79 Å². The molecule has 0 saturated heterocycles. The first-order valence-electron chi connectivity index (χ1n) is 7.12. The fraction of sp³-hybridized carbons (Fsp3) is 0.375. The van der Waals surface area contributed by atoms with E-state index in [2.05, 4.69) is 10.3 Å². The molecule has 2 aromatic heterocycles. The van der Waals surface area contributed by atoms with Crippen molar-refractivity contribution in [1.82, 2.24) is 14.7 Å². The van der Waals surface area contributed by atoms with Gasteiger partial charge in [-0.15, -0.1) is 0 Å². The van der Waals surface area contributed by atoms with E-state index < -0.39 is 0 Å². The molecule has 2 heterocycles. The summed E-state index contributed by atoms with van der Waals surface area (Å²) in [6.07, 6.45) is 6.19. The maximum atomic E-state index is 11.5. The Morgan fingerprint density at radius 3 is 3.00 bits per heavy atom. The molecular formula is C16H21N3O2. The summed E-state index contributed by atoms with van der Waals surface area (Å²) in [5, 5.41) is 2.85. The van der Waals surface area contributed by atoms with Crippen molar-refractivity contribution in [1.29, 1.82) is 0 Å². The number of amides is 1. The summed E-state index contributed by atoms with van der Waals surface area (Å²) < 4.78 is 7.50. The fourth-order valence-corrected chi connectivity index (χ4v) is 2.05. The summed E-state index contributed by atoms with van der Waals surface area (Å²) in [5.41, 5.74) is 2.73. The number of nitrogens with one attached hydrogen (secondary N) is 1. The van der Waals surface area contributed by atoms with Gasteiger partial charge in [0.25, 0.3) is 0 Å². The third kappa shape index (κ3) is 4.08. The van der Waals surface area contributed by atoms with Crippen molar-refractivity contribution in [2.75, 3.05) is 13.2 Å². The van der Waals surface area contributed by atoms with Crippen LogP contribution in [-0.4, -0.2) is 28.4 Å². The SMILES string of the molecule is CCOc1cccn2cc(CCNC(=O)C=C(C)C)nc12. The molecule has 5 nitrogen and oxygen atoms in total. The van der Waals surface area contributed by atoms with E-state index in [1.165, 1.54) is 0 Å². The van der Waals surface area contributed by atoms with E-state index in [4.69, 9.17) is 4.74 Å². The van der Waals surface area contributed by atoms with Gasteiger partial charge < -0.3 is 14.5 Å². The third-order valence-electron chi connectivity index (χ3n) is 2.90. The lowest BCUT2D eigenvalue weighted by Gasteiger charge is -2.03. The van der Waals surface area contributed by atoms with Crippen LogP contribution in [0.1, 0.15) is 26.5 Å². The Bertz CT molecular complexity index is 655. The largest absolute Gasteiger partial charge is 0.490 e. The Labute approximate surface area is 124 Å². The lowest BCUT2D eigenvalue weighted by atomic mass is 10.3. The van der Waals surface area contributed by atoms with Crippen molar-refractivity contribution in [3.8, 4) is 5.75 Å². The first kappa shape index (κ1) is 15.1. The Balaban J connectivity index is 2.01. The van der Waals surface area contributed by atoms with Crippen LogP contribution in [0.15, 0.2) is 36.2 Å². The van der Waals surface area contributed by atoms with Crippen LogP contribution in [0.5, 0.6) is 5.75 Å². The fourth-order valence-electron chi connectivity index (χ4n) is 2.05. The molecule has 2 rings (SSSR count). The van der Waals surface area contributed by atoms with Gasteiger partial charge in [0, 0.05) is 31.4 Å². The zero-order valence-corrected chi connectivity index (χ0v) is 12.7. The van der Waals surface area contributed by atoms with E-state index in [0.717, 1.165) is 22.7 Å². The molecule has 112 valence electrons. The maximum absolute atomic E-state index is 11.5. The second kappa shape index (κ2) is 6.92. The van der Waals surface area contributed by atoms with Gasteiger partial charge in [-0.25, -0.2) is 4.98 Å². The lowest BCUT2D eigenvalue weighted by molar-refractivity contribution is -0.116. The van der Waals surface area contributed by atoms with Crippen LogP contribution < -0.4 is 10.1 Å². The van der Waals surface area contributed by atoms with E-state index in [1.54, 1.807) is 6.08 Å². The minimum Gasteiger partial charge on any atom is -0.490 e. The second-order valence-electron chi connectivity index (χ2n) is 5.03. The van der Waals surface area contributed by atoms with Gasteiger partial charge in [-0.3, -0.25) is 4.79 Å². The van der Waals surface area contributed by atoms with Crippen molar-refractivity contribution in [3.05, 3.63) is 41.9 Å². The average Bonchev–Trinajstić information content (AvgIpc) is 2.82. The molecule has 5 heteroatoms. The maximum Gasteiger partial charge on any atom is 0.243 e. The zero-order valence-electron chi connectivity index (χ0n) is 12.7. The monoisotopic (exact) mass is 287 g/mol. The number of carbonyl (C=O) groups is 1. The van der Waals surface area contributed by atoms with Crippen molar-refractivity contribution in [2.24, 2.45) is 0 Å². The quantitative estimate of drug-likeness (QED) is 0.830. The van der Waals surface area contributed by atoms with Crippen LogP contribution in [0.2, 0.25) is 0 Å². The number of hydrogen-bond acceptors (Lipinski definition) is 3. The van der Waals surface area contributed by atoms with Crippen LogP contribution >= 0.6 is 0 Å². The molecule has 0 saturated carbocycles. The number of hydrogen-bond donors (Lipinski definition) is 1. The lowest BCUT2D eigenvalue weighted by Crippen LogP contribution is -2.23. The molecule has 1 N–H and O–H groups in total.